The van der Waals surface area contributed by atoms with Gasteiger partial charge in [-0.25, -0.2) is 0 Å². The molecule has 0 aliphatic rings. The molecule has 0 amide bonds. The molecule has 0 spiro atoms. The second-order valence-corrected chi connectivity index (χ2v) is 3.21. The topological polar surface area (TPSA) is 30.5 Å². The van der Waals surface area contributed by atoms with Crippen LogP contribution in [0.2, 0.25) is 0 Å². The van der Waals surface area contributed by atoms with E-state index in [1.54, 1.807) is 0 Å². The van der Waals surface area contributed by atoms with Gasteiger partial charge in [0.05, 0.1) is 5.54 Å². The number of hydrogen-bond acceptors (Lipinski definition) is 3. The van der Waals surface area contributed by atoms with Gasteiger partial charge in [0.1, 0.15) is 0 Å². The van der Waals surface area contributed by atoms with Crippen molar-refractivity contribution in [3.63, 3.8) is 0 Å². The lowest BCUT2D eigenvalue weighted by atomic mass is 10.1. The molecule has 0 aromatic carbocycles. The van der Waals surface area contributed by atoms with E-state index in [-0.39, 0.29) is 11.8 Å². The Bertz CT molecular complexity index is 109. The predicted octanol–water partition coefficient (Wildman–Crippen LogP) is 1.38. The van der Waals surface area contributed by atoms with Crippen molar-refractivity contribution in [2.45, 2.75) is 39.5 Å². The molecule has 74 valence electrons. The Hall–Kier alpha value is -0.120. The van der Waals surface area contributed by atoms with Gasteiger partial charge < -0.3 is 14.8 Å². The maximum absolute atomic E-state index is 5.45. The van der Waals surface area contributed by atoms with Gasteiger partial charge in [0.15, 0.2) is 6.29 Å². The molecule has 3 nitrogen and oxygen atoms in total. The first-order chi connectivity index (χ1) is 5.58. The van der Waals surface area contributed by atoms with Gasteiger partial charge in [0.25, 0.3) is 0 Å². The highest BCUT2D eigenvalue weighted by molar-refractivity contribution is 4.79. The average molecular weight is 175 g/mol. The maximum Gasteiger partial charge on any atom is 0.174 e. The Morgan fingerprint density at radius 2 is 1.58 bits per heavy atom. The van der Waals surface area contributed by atoms with E-state index in [2.05, 4.69) is 19.2 Å². The fourth-order valence-electron chi connectivity index (χ4n) is 0.885. The van der Waals surface area contributed by atoms with E-state index < -0.39 is 0 Å². The first-order valence-corrected chi connectivity index (χ1v) is 4.50. The Labute approximate surface area is 75.4 Å². The summed E-state index contributed by atoms with van der Waals surface area (Å²) in [5.41, 5.74) is -0.133. The molecule has 0 aromatic heterocycles. The summed E-state index contributed by atoms with van der Waals surface area (Å²) in [5, 5.41) is 3.16. The van der Waals surface area contributed by atoms with E-state index in [4.69, 9.17) is 9.47 Å². The van der Waals surface area contributed by atoms with Gasteiger partial charge in [0, 0.05) is 13.2 Å². The number of rotatable bonds is 6. The molecule has 0 fully saturated rings. The highest BCUT2D eigenvalue weighted by Gasteiger charge is 2.28. The van der Waals surface area contributed by atoms with Gasteiger partial charge in [-0.15, -0.1) is 0 Å². The van der Waals surface area contributed by atoms with Crippen molar-refractivity contribution in [1.29, 1.82) is 0 Å². The lowest BCUT2D eigenvalue weighted by molar-refractivity contribution is -0.174. The SMILES string of the molecule is CCOC(OCC)C(C)(C)NC. The third kappa shape index (κ3) is 3.52. The van der Waals surface area contributed by atoms with Crippen LogP contribution < -0.4 is 5.32 Å². The molecule has 0 atom stereocenters. The summed E-state index contributed by atoms with van der Waals surface area (Å²) in [6.07, 6.45) is -0.169. The Morgan fingerprint density at radius 1 is 1.17 bits per heavy atom. The highest BCUT2D eigenvalue weighted by Crippen LogP contribution is 2.13. The molecular weight excluding hydrogens is 154 g/mol. The van der Waals surface area contributed by atoms with Gasteiger partial charge in [-0.05, 0) is 34.7 Å². The molecule has 12 heavy (non-hydrogen) atoms. The van der Waals surface area contributed by atoms with Crippen molar-refractivity contribution in [2.75, 3.05) is 20.3 Å². The van der Waals surface area contributed by atoms with Gasteiger partial charge in [0.2, 0.25) is 0 Å². The van der Waals surface area contributed by atoms with Crippen molar-refractivity contribution in [2.24, 2.45) is 0 Å². The molecule has 0 saturated carbocycles. The molecule has 0 unspecified atom stereocenters. The van der Waals surface area contributed by atoms with Crippen LogP contribution in [0.25, 0.3) is 0 Å². The molecule has 0 heterocycles. The van der Waals surface area contributed by atoms with Gasteiger partial charge in [-0.1, -0.05) is 0 Å². The van der Waals surface area contributed by atoms with Crippen molar-refractivity contribution in [1.82, 2.24) is 5.32 Å². The summed E-state index contributed by atoms with van der Waals surface area (Å²) >= 11 is 0. The summed E-state index contributed by atoms with van der Waals surface area (Å²) in [7, 11) is 1.91. The molecule has 0 saturated heterocycles. The molecule has 0 aliphatic carbocycles. The minimum atomic E-state index is -0.169. The fourth-order valence-corrected chi connectivity index (χ4v) is 0.885. The van der Waals surface area contributed by atoms with Crippen molar-refractivity contribution in [3.8, 4) is 0 Å². The summed E-state index contributed by atoms with van der Waals surface area (Å²) in [6, 6.07) is 0. The van der Waals surface area contributed by atoms with Crippen molar-refractivity contribution >= 4 is 0 Å². The van der Waals surface area contributed by atoms with Crippen molar-refractivity contribution in [3.05, 3.63) is 0 Å². The molecule has 0 aliphatic heterocycles. The van der Waals surface area contributed by atoms with E-state index in [0.29, 0.717) is 13.2 Å². The monoisotopic (exact) mass is 175 g/mol. The predicted molar refractivity (Wildman–Crippen MR) is 50.2 cm³/mol. The van der Waals surface area contributed by atoms with Gasteiger partial charge in [-0.2, -0.15) is 0 Å². The average Bonchev–Trinajstić information content (AvgIpc) is 2.04. The van der Waals surface area contributed by atoms with Crippen molar-refractivity contribution < 1.29 is 9.47 Å². The summed E-state index contributed by atoms with van der Waals surface area (Å²) in [6.45, 7) is 9.41. The lowest BCUT2D eigenvalue weighted by Gasteiger charge is -2.33. The normalized spacial score (nSPS) is 12.5. The minimum Gasteiger partial charge on any atom is -0.351 e. The highest BCUT2D eigenvalue weighted by atomic mass is 16.7. The molecule has 0 radical (unpaired) electrons. The number of ether oxygens (including phenoxy) is 2. The first kappa shape index (κ1) is 11.9. The van der Waals surface area contributed by atoms with Crippen LogP contribution in [-0.2, 0) is 9.47 Å². The molecule has 0 aromatic rings. The zero-order valence-electron chi connectivity index (χ0n) is 8.81. The van der Waals surface area contributed by atoms with Gasteiger partial charge >= 0.3 is 0 Å². The van der Waals surface area contributed by atoms with Crippen LogP contribution in [-0.4, -0.2) is 32.1 Å². The standard InChI is InChI=1S/C9H21NO2/c1-6-11-8(12-7-2)9(3,4)10-5/h8,10H,6-7H2,1-5H3. The Kier molecular flexibility index (Phi) is 5.46. The second kappa shape index (κ2) is 5.51. The zero-order chi connectivity index (χ0) is 9.61. The largest absolute Gasteiger partial charge is 0.351 e. The van der Waals surface area contributed by atoms with Crippen LogP contribution in [0.4, 0.5) is 0 Å². The quantitative estimate of drug-likeness (QED) is 0.619. The Morgan fingerprint density at radius 3 is 1.83 bits per heavy atom. The van der Waals surface area contributed by atoms with Crippen LogP contribution in [0, 0.1) is 0 Å². The minimum absolute atomic E-state index is 0.133. The lowest BCUT2D eigenvalue weighted by Crippen LogP contribution is -2.50. The van der Waals surface area contributed by atoms with E-state index in [9.17, 15) is 0 Å². The molecular formula is C9H21NO2. The summed E-state index contributed by atoms with van der Waals surface area (Å²) in [5.74, 6) is 0. The van der Waals surface area contributed by atoms with E-state index >= 15 is 0 Å². The fraction of sp³-hybridized carbons (Fsp3) is 1.00. The van der Waals surface area contributed by atoms with Gasteiger partial charge in [-0.3, -0.25) is 0 Å². The molecule has 1 N–H and O–H groups in total. The van der Waals surface area contributed by atoms with E-state index in [1.165, 1.54) is 0 Å². The Balaban J connectivity index is 4.07. The maximum atomic E-state index is 5.45. The third-order valence-corrected chi connectivity index (χ3v) is 1.87. The van der Waals surface area contributed by atoms with Crippen LogP contribution in [0.5, 0.6) is 0 Å². The third-order valence-electron chi connectivity index (χ3n) is 1.87. The smallest absolute Gasteiger partial charge is 0.174 e. The summed E-state index contributed by atoms with van der Waals surface area (Å²) in [4.78, 5) is 0. The molecule has 0 bridgehead atoms. The van der Waals surface area contributed by atoms with Crippen LogP contribution >= 0.6 is 0 Å². The molecule has 0 rings (SSSR count). The number of nitrogens with one attached hydrogen (secondary N) is 1. The van der Waals surface area contributed by atoms with Crippen LogP contribution in [0.15, 0.2) is 0 Å². The van der Waals surface area contributed by atoms with Crippen LogP contribution in [0.1, 0.15) is 27.7 Å². The first-order valence-electron chi connectivity index (χ1n) is 4.50. The number of hydrogen-bond donors (Lipinski definition) is 1. The second-order valence-electron chi connectivity index (χ2n) is 3.21. The van der Waals surface area contributed by atoms with Crippen LogP contribution in [0.3, 0.4) is 0 Å². The van der Waals surface area contributed by atoms with E-state index in [0.717, 1.165) is 0 Å². The summed E-state index contributed by atoms with van der Waals surface area (Å²) < 4.78 is 10.9. The zero-order valence-corrected chi connectivity index (χ0v) is 8.81. The van der Waals surface area contributed by atoms with E-state index in [1.807, 2.05) is 20.9 Å². The molecule has 3 heteroatoms. The number of likely N-dealkylation sites (N-methyl/N-ethyl adjacent to an activating group) is 1.